The Kier molecular flexibility index (Phi) is 13.1. The highest BCUT2D eigenvalue weighted by Gasteiger charge is 2.25. The van der Waals surface area contributed by atoms with E-state index in [4.69, 9.17) is 4.99 Å². The standard InChI is InChI=1S/C20H39N5O.HI/c1-3-19(26)25-16-11-18(17-25)23-20(21-4-2)22-12-7-5-8-13-24-14-9-6-10-15-24;/h18H,3-17H2,1-2H3,(H2,21,22,23);1H. The number of aliphatic imine (C=N–C) groups is 1. The van der Waals surface area contributed by atoms with Crippen LogP contribution in [0.4, 0.5) is 0 Å². The third-order valence-corrected chi connectivity index (χ3v) is 5.38. The van der Waals surface area contributed by atoms with Gasteiger partial charge in [0.25, 0.3) is 0 Å². The average molecular weight is 493 g/mol. The van der Waals surface area contributed by atoms with Gasteiger partial charge in [-0.05, 0) is 58.7 Å². The molecule has 0 radical (unpaired) electrons. The Hall–Kier alpha value is -0.570. The lowest BCUT2D eigenvalue weighted by Gasteiger charge is -2.26. The van der Waals surface area contributed by atoms with Crippen molar-refractivity contribution in [2.75, 3.05) is 45.8 Å². The van der Waals surface area contributed by atoms with Gasteiger partial charge in [0.15, 0.2) is 5.96 Å². The van der Waals surface area contributed by atoms with E-state index < -0.39 is 0 Å². The molecule has 27 heavy (non-hydrogen) atoms. The molecule has 0 aromatic rings. The molecule has 0 bridgehead atoms. The largest absolute Gasteiger partial charge is 0.357 e. The van der Waals surface area contributed by atoms with Crippen LogP contribution in [0.1, 0.15) is 65.2 Å². The summed E-state index contributed by atoms with van der Waals surface area (Å²) in [6.07, 6.45) is 9.46. The van der Waals surface area contributed by atoms with E-state index in [1.807, 2.05) is 11.8 Å². The van der Waals surface area contributed by atoms with E-state index in [2.05, 4.69) is 22.5 Å². The molecule has 0 aliphatic carbocycles. The van der Waals surface area contributed by atoms with Gasteiger partial charge in [0.05, 0.1) is 0 Å². The van der Waals surface area contributed by atoms with E-state index in [0.717, 1.165) is 45.0 Å². The van der Waals surface area contributed by atoms with Crippen molar-refractivity contribution in [1.82, 2.24) is 20.4 Å². The molecule has 2 aliphatic rings. The van der Waals surface area contributed by atoms with Crippen LogP contribution in [0.5, 0.6) is 0 Å². The maximum Gasteiger partial charge on any atom is 0.222 e. The first-order valence-electron chi connectivity index (χ1n) is 10.8. The van der Waals surface area contributed by atoms with Gasteiger partial charge in [-0.15, -0.1) is 24.0 Å². The second-order valence-corrected chi connectivity index (χ2v) is 7.55. The number of amides is 1. The molecule has 2 rings (SSSR count). The number of carbonyl (C=O) groups excluding carboxylic acids is 1. The zero-order valence-corrected chi connectivity index (χ0v) is 19.7. The smallest absolute Gasteiger partial charge is 0.222 e. The third-order valence-electron chi connectivity index (χ3n) is 5.38. The van der Waals surface area contributed by atoms with Crippen LogP contribution in [-0.2, 0) is 4.79 Å². The predicted molar refractivity (Wildman–Crippen MR) is 124 cm³/mol. The summed E-state index contributed by atoms with van der Waals surface area (Å²) < 4.78 is 0. The Morgan fingerprint density at radius 2 is 1.85 bits per heavy atom. The normalized spacial score (nSPS) is 21.0. The number of rotatable bonds is 9. The lowest BCUT2D eigenvalue weighted by molar-refractivity contribution is -0.129. The van der Waals surface area contributed by atoms with Crippen LogP contribution in [0.25, 0.3) is 0 Å². The lowest BCUT2D eigenvalue weighted by Crippen LogP contribution is -2.45. The molecule has 158 valence electrons. The molecule has 0 aromatic heterocycles. The highest BCUT2D eigenvalue weighted by atomic mass is 127. The summed E-state index contributed by atoms with van der Waals surface area (Å²) in [5, 5.41) is 6.84. The molecular formula is C20H40IN5O. The number of unbranched alkanes of at least 4 members (excludes halogenated alkanes) is 2. The number of halogens is 1. The molecule has 2 N–H and O–H groups in total. The third kappa shape index (κ3) is 9.45. The van der Waals surface area contributed by atoms with Crippen LogP contribution >= 0.6 is 24.0 Å². The topological polar surface area (TPSA) is 60.0 Å². The molecule has 1 atom stereocenters. The maximum atomic E-state index is 11.8. The van der Waals surface area contributed by atoms with Crippen LogP contribution in [0.2, 0.25) is 0 Å². The van der Waals surface area contributed by atoms with Gasteiger partial charge in [-0.1, -0.05) is 19.8 Å². The summed E-state index contributed by atoms with van der Waals surface area (Å²) in [4.78, 5) is 21.1. The van der Waals surface area contributed by atoms with Crippen LogP contribution in [0.15, 0.2) is 4.99 Å². The minimum Gasteiger partial charge on any atom is -0.357 e. The first-order chi connectivity index (χ1) is 12.7. The van der Waals surface area contributed by atoms with Crippen LogP contribution < -0.4 is 10.6 Å². The molecule has 1 amide bonds. The number of piperidine rings is 1. The number of carbonyl (C=O) groups is 1. The Balaban J connectivity index is 0.00000364. The zero-order valence-electron chi connectivity index (χ0n) is 17.3. The van der Waals surface area contributed by atoms with Gasteiger partial charge < -0.3 is 20.4 Å². The first-order valence-corrected chi connectivity index (χ1v) is 10.8. The van der Waals surface area contributed by atoms with Gasteiger partial charge in [0, 0.05) is 38.6 Å². The van der Waals surface area contributed by atoms with Crippen molar-refractivity contribution in [2.24, 2.45) is 4.99 Å². The molecule has 2 heterocycles. The van der Waals surface area contributed by atoms with Crippen molar-refractivity contribution < 1.29 is 4.79 Å². The molecule has 6 nitrogen and oxygen atoms in total. The Bertz CT molecular complexity index is 440. The molecule has 0 saturated carbocycles. The number of nitrogens with one attached hydrogen (secondary N) is 2. The van der Waals surface area contributed by atoms with Crippen LogP contribution in [0.3, 0.4) is 0 Å². The van der Waals surface area contributed by atoms with Gasteiger partial charge in [-0.25, -0.2) is 0 Å². The summed E-state index contributed by atoms with van der Waals surface area (Å²) >= 11 is 0. The average Bonchev–Trinajstić information content (AvgIpc) is 3.13. The molecule has 0 aromatic carbocycles. The molecule has 2 aliphatic heterocycles. The first kappa shape index (κ1) is 24.5. The highest BCUT2D eigenvalue weighted by Crippen LogP contribution is 2.11. The fourth-order valence-electron chi connectivity index (χ4n) is 3.84. The summed E-state index contributed by atoms with van der Waals surface area (Å²) in [6.45, 7) is 11.3. The minimum absolute atomic E-state index is 0. The lowest BCUT2D eigenvalue weighted by atomic mass is 10.1. The molecular weight excluding hydrogens is 453 g/mol. The van der Waals surface area contributed by atoms with Crippen LogP contribution in [-0.4, -0.2) is 73.5 Å². The van der Waals surface area contributed by atoms with Crippen LogP contribution in [0, 0.1) is 0 Å². The van der Waals surface area contributed by atoms with Gasteiger partial charge in [-0.3, -0.25) is 9.79 Å². The Morgan fingerprint density at radius 1 is 1.07 bits per heavy atom. The van der Waals surface area contributed by atoms with Crippen molar-refractivity contribution in [2.45, 2.75) is 71.3 Å². The maximum absolute atomic E-state index is 11.8. The summed E-state index contributed by atoms with van der Waals surface area (Å²) in [6, 6.07) is 0.322. The van der Waals surface area contributed by atoms with E-state index in [9.17, 15) is 4.79 Å². The van der Waals surface area contributed by atoms with Crippen molar-refractivity contribution in [1.29, 1.82) is 0 Å². The van der Waals surface area contributed by atoms with Gasteiger partial charge in [-0.2, -0.15) is 0 Å². The summed E-state index contributed by atoms with van der Waals surface area (Å²) in [5.41, 5.74) is 0. The fourth-order valence-corrected chi connectivity index (χ4v) is 3.84. The number of hydrogen-bond acceptors (Lipinski definition) is 3. The minimum atomic E-state index is 0. The Labute approximate surface area is 182 Å². The van der Waals surface area contributed by atoms with Gasteiger partial charge in [0.2, 0.25) is 5.91 Å². The quantitative estimate of drug-likeness (QED) is 0.225. The number of likely N-dealkylation sites (tertiary alicyclic amines) is 2. The Morgan fingerprint density at radius 3 is 2.56 bits per heavy atom. The van der Waals surface area contributed by atoms with Crippen molar-refractivity contribution in [3.05, 3.63) is 0 Å². The molecule has 2 saturated heterocycles. The second kappa shape index (κ2) is 14.4. The molecule has 0 spiro atoms. The van der Waals surface area contributed by atoms with Crippen molar-refractivity contribution in [3.8, 4) is 0 Å². The van der Waals surface area contributed by atoms with E-state index in [-0.39, 0.29) is 29.9 Å². The molecule has 2 fully saturated rings. The number of hydrogen-bond donors (Lipinski definition) is 2. The summed E-state index contributed by atoms with van der Waals surface area (Å²) in [7, 11) is 0. The van der Waals surface area contributed by atoms with E-state index in [0.29, 0.717) is 12.5 Å². The highest BCUT2D eigenvalue weighted by molar-refractivity contribution is 14.0. The molecule has 7 heteroatoms. The van der Waals surface area contributed by atoms with Crippen molar-refractivity contribution in [3.63, 3.8) is 0 Å². The zero-order chi connectivity index (χ0) is 18.6. The van der Waals surface area contributed by atoms with E-state index >= 15 is 0 Å². The SMILES string of the molecule is CCNC(=NCCCCCN1CCCCC1)NC1CCN(C(=O)CC)C1.I. The number of guanidine groups is 1. The monoisotopic (exact) mass is 493 g/mol. The van der Waals surface area contributed by atoms with Gasteiger partial charge >= 0.3 is 0 Å². The molecule has 1 unspecified atom stereocenters. The van der Waals surface area contributed by atoms with Gasteiger partial charge in [0.1, 0.15) is 0 Å². The van der Waals surface area contributed by atoms with Crippen molar-refractivity contribution >= 4 is 35.8 Å². The van der Waals surface area contributed by atoms with E-state index in [1.54, 1.807) is 0 Å². The second-order valence-electron chi connectivity index (χ2n) is 7.55. The summed E-state index contributed by atoms with van der Waals surface area (Å²) in [5.74, 6) is 1.16. The van der Waals surface area contributed by atoms with E-state index in [1.165, 1.54) is 51.7 Å². The number of nitrogens with zero attached hydrogens (tertiary/aromatic N) is 3. The fraction of sp³-hybridized carbons (Fsp3) is 0.900. The predicted octanol–water partition coefficient (Wildman–Crippen LogP) is 2.83.